The molecule has 0 amide bonds. The summed E-state index contributed by atoms with van der Waals surface area (Å²) in [6, 6.07) is 11.3. The van der Waals surface area contributed by atoms with E-state index in [-0.39, 0.29) is 10.6 Å². The molecule has 1 unspecified atom stereocenters. The van der Waals surface area contributed by atoms with Gasteiger partial charge in [-0.05, 0) is 51.3 Å². The zero-order chi connectivity index (χ0) is 21.7. The molecule has 1 atom stereocenters. The van der Waals surface area contributed by atoms with Crippen LogP contribution in [0.2, 0.25) is 0 Å². The molecule has 2 aromatic rings. The van der Waals surface area contributed by atoms with Crippen molar-refractivity contribution in [3.05, 3.63) is 64.1 Å². The second-order valence-electron chi connectivity index (χ2n) is 5.96. The summed E-state index contributed by atoms with van der Waals surface area (Å²) >= 11 is 4.73. The first-order valence-corrected chi connectivity index (χ1v) is 13.6. The molecule has 0 saturated heterocycles. The van der Waals surface area contributed by atoms with Crippen LogP contribution in [0.3, 0.4) is 0 Å². The Kier molecular flexibility index (Phi) is 8.48. The van der Waals surface area contributed by atoms with E-state index >= 15 is 0 Å². The number of halogens is 3. The number of thioether (sulfide) groups is 1. The molecule has 0 bridgehead atoms. The Bertz CT molecular complexity index is 1040. The van der Waals surface area contributed by atoms with Crippen molar-refractivity contribution in [2.45, 2.75) is 16.8 Å². The lowest BCUT2D eigenvalue weighted by atomic mass is 10.2. The van der Waals surface area contributed by atoms with Crippen molar-refractivity contribution < 1.29 is 31.2 Å². The molecule has 0 fully saturated rings. The van der Waals surface area contributed by atoms with Gasteiger partial charge in [0.05, 0.1) is 9.37 Å². The highest BCUT2D eigenvalue weighted by Crippen LogP contribution is 2.50. The van der Waals surface area contributed by atoms with Crippen molar-refractivity contribution >= 4 is 51.2 Å². The second kappa shape index (κ2) is 10.2. The van der Waals surface area contributed by atoms with Gasteiger partial charge in [-0.15, -0.1) is 0 Å². The molecule has 1 N–H and O–H groups in total. The van der Waals surface area contributed by atoms with E-state index in [1.165, 1.54) is 6.07 Å². The van der Waals surface area contributed by atoms with E-state index in [1.54, 1.807) is 42.1 Å². The molecule has 0 radical (unpaired) electrons. The maximum Gasteiger partial charge on any atom is 0.442 e. The highest BCUT2D eigenvalue weighted by Gasteiger charge is 2.34. The Hall–Kier alpha value is -1.19. The van der Waals surface area contributed by atoms with Crippen LogP contribution < -0.4 is 4.52 Å². The van der Waals surface area contributed by atoms with Gasteiger partial charge >= 0.3 is 13.8 Å². The molecule has 2 aromatic carbocycles. The largest absolute Gasteiger partial charge is 0.442 e. The molecule has 5 nitrogen and oxygen atoms in total. The van der Waals surface area contributed by atoms with E-state index in [4.69, 9.17) is 4.89 Å². The van der Waals surface area contributed by atoms with Crippen LogP contribution in [0, 0.1) is 0 Å². The van der Waals surface area contributed by atoms with Gasteiger partial charge in [-0.2, -0.15) is 20.5 Å². The van der Waals surface area contributed by atoms with Crippen molar-refractivity contribution in [1.82, 2.24) is 0 Å². The molecule has 2 rings (SSSR count). The molecule has 0 aromatic heterocycles. The van der Waals surface area contributed by atoms with Crippen molar-refractivity contribution in [1.29, 1.82) is 0 Å². The van der Waals surface area contributed by atoms with Gasteiger partial charge in [0.15, 0.2) is 9.84 Å². The predicted octanol–water partition coefficient (Wildman–Crippen LogP) is 5.59. The standard InChI is InChI=1S/C18H18BrF2O5PS2/c1-29(24,25)15-6-2-4-13(10-15)5-3-9-28-12-14-7-8-17(16(19)11-14)26-27(22,23)18(20)21/h2-8,10-11,18H,9,12H2,1H3,(H,22,23)/b5-3+. The molecule has 158 valence electrons. The fourth-order valence-electron chi connectivity index (χ4n) is 2.17. The lowest BCUT2D eigenvalue weighted by Crippen LogP contribution is -2.01. The van der Waals surface area contributed by atoms with Crippen molar-refractivity contribution in [2.24, 2.45) is 0 Å². The molecule has 0 aliphatic carbocycles. The fourth-order valence-corrected chi connectivity index (χ4v) is 4.76. The Morgan fingerprint density at radius 2 is 2.00 bits per heavy atom. The summed E-state index contributed by atoms with van der Waals surface area (Å²) in [5, 5.41) is 0. The van der Waals surface area contributed by atoms with Gasteiger partial charge in [0, 0.05) is 17.8 Å². The first kappa shape index (κ1) is 24.1. The smallest absolute Gasteiger partial charge is 0.420 e. The number of hydrogen-bond donors (Lipinski definition) is 1. The van der Waals surface area contributed by atoms with E-state index in [2.05, 4.69) is 20.5 Å². The Balaban J connectivity index is 1.90. The molecule has 0 heterocycles. The minimum absolute atomic E-state index is 0.129. The lowest BCUT2D eigenvalue weighted by molar-refractivity contribution is 0.188. The molecule has 0 aliphatic rings. The van der Waals surface area contributed by atoms with Crippen molar-refractivity contribution in [3.8, 4) is 5.75 Å². The highest BCUT2D eigenvalue weighted by atomic mass is 79.9. The topological polar surface area (TPSA) is 80.7 Å². The summed E-state index contributed by atoms with van der Waals surface area (Å²) in [5.41, 5.74) is 1.65. The minimum atomic E-state index is -5.02. The van der Waals surface area contributed by atoms with Crippen LogP contribution in [0.25, 0.3) is 6.08 Å². The third-order valence-corrected chi connectivity index (χ3v) is 7.20. The van der Waals surface area contributed by atoms with Gasteiger partial charge in [-0.3, -0.25) is 0 Å². The Labute approximate surface area is 180 Å². The monoisotopic (exact) mass is 526 g/mol. The van der Waals surface area contributed by atoms with Gasteiger partial charge < -0.3 is 9.42 Å². The van der Waals surface area contributed by atoms with Gasteiger partial charge in [0.2, 0.25) is 0 Å². The molecule has 29 heavy (non-hydrogen) atoms. The number of sulfone groups is 1. The van der Waals surface area contributed by atoms with Gasteiger partial charge in [-0.1, -0.05) is 30.4 Å². The van der Waals surface area contributed by atoms with Gasteiger partial charge in [0.1, 0.15) is 5.75 Å². The summed E-state index contributed by atoms with van der Waals surface area (Å²) in [6.07, 6.45) is 1.42. The summed E-state index contributed by atoms with van der Waals surface area (Å²) in [5.74, 6) is 1.14. The number of rotatable bonds is 9. The third kappa shape index (κ3) is 7.53. The maximum atomic E-state index is 12.5. The van der Waals surface area contributed by atoms with Crippen LogP contribution in [0.1, 0.15) is 11.1 Å². The van der Waals surface area contributed by atoms with Crippen LogP contribution in [-0.2, 0) is 20.2 Å². The molecule has 0 saturated carbocycles. The number of hydrogen-bond acceptors (Lipinski definition) is 5. The van der Waals surface area contributed by atoms with Gasteiger partial charge in [-0.25, -0.2) is 13.0 Å². The first-order chi connectivity index (χ1) is 13.5. The molecular weight excluding hydrogens is 509 g/mol. The second-order valence-corrected chi connectivity index (χ2v) is 11.6. The Morgan fingerprint density at radius 1 is 1.28 bits per heavy atom. The van der Waals surface area contributed by atoms with E-state index in [0.29, 0.717) is 16.0 Å². The fraction of sp³-hybridized carbons (Fsp3) is 0.222. The quantitative estimate of drug-likeness (QED) is 0.339. The summed E-state index contributed by atoms with van der Waals surface area (Å²) in [7, 11) is -8.27. The normalized spacial score (nSPS) is 14.3. The average molecular weight is 527 g/mol. The zero-order valence-corrected chi connectivity index (χ0v) is 19.3. The van der Waals surface area contributed by atoms with Gasteiger partial charge in [0.25, 0.3) is 0 Å². The molecule has 0 aliphatic heterocycles. The minimum Gasteiger partial charge on any atom is -0.420 e. The molecular formula is C18H18BrF2O5PS2. The van der Waals surface area contributed by atoms with Crippen LogP contribution in [0.5, 0.6) is 5.75 Å². The average Bonchev–Trinajstić information content (AvgIpc) is 2.63. The van der Waals surface area contributed by atoms with Crippen LogP contribution >= 0.6 is 35.3 Å². The van der Waals surface area contributed by atoms with E-state index in [9.17, 15) is 21.8 Å². The van der Waals surface area contributed by atoms with Crippen molar-refractivity contribution in [3.63, 3.8) is 0 Å². The van der Waals surface area contributed by atoms with E-state index in [1.807, 2.05) is 18.2 Å². The highest BCUT2D eigenvalue weighted by molar-refractivity contribution is 9.10. The number of alkyl halides is 2. The number of benzene rings is 2. The SMILES string of the molecule is CS(=O)(=O)c1cccc(/C=C/CSCc2ccc(OP(=O)(O)C(F)F)c(Br)c2)c1. The van der Waals surface area contributed by atoms with Crippen molar-refractivity contribution in [2.75, 3.05) is 12.0 Å². The first-order valence-electron chi connectivity index (χ1n) is 8.12. The summed E-state index contributed by atoms with van der Waals surface area (Å²) < 4.78 is 64.2. The molecule has 11 heteroatoms. The Morgan fingerprint density at radius 3 is 2.62 bits per heavy atom. The predicted molar refractivity (Wildman–Crippen MR) is 115 cm³/mol. The zero-order valence-electron chi connectivity index (χ0n) is 15.2. The van der Waals surface area contributed by atoms with E-state index < -0.39 is 23.6 Å². The summed E-state index contributed by atoms with van der Waals surface area (Å²) in [6.45, 7) is 0. The van der Waals surface area contributed by atoms with E-state index in [0.717, 1.165) is 17.4 Å². The third-order valence-electron chi connectivity index (χ3n) is 3.55. The van der Waals surface area contributed by atoms with Crippen LogP contribution in [0.4, 0.5) is 8.78 Å². The maximum absolute atomic E-state index is 12.5. The lowest BCUT2D eigenvalue weighted by Gasteiger charge is -2.14. The molecule has 0 spiro atoms. The summed E-state index contributed by atoms with van der Waals surface area (Å²) in [4.78, 5) is 9.38. The van der Waals surface area contributed by atoms with Crippen LogP contribution in [0.15, 0.2) is 57.9 Å². The van der Waals surface area contributed by atoms with Crippen LogP contribution in [-0.4, -0.2) is 31.5 Å².